The number of hydrogen-bond acceptors (Lipinski definition) is 2. The molecule has 0 aromatic carbocycles. The van der Waals surface area contributed by atoms with E-state index in [0.717, 1.165) is 17.7 Å². The van der Waals surface area contributed by atoms with Crippen LogP contribution in [0.4, 0.5) is 0 Å². The molecule has 1 aliphatic rings. The fourth-order valence-corrected chi connectivity index (χ4v) is 3.10. The first-order valence-corrected chi connectivity index (χ1v) is 5.19. The van der Waals surface area contributed by atoms with Crippen LogP contribution in [0.15, 0.2) is 0 Å². The molecule has 1 nitrogen and oxygen atoms in total. The molecule has 1 rings (SSSR count). The third-order valence-electron chi connectivity index (χ3n) is 2.12. The molecule has 10 heavy (non-hydrogen) atoms. The van der Waals surface area contributed by atoms with Crippen LogP contribution < -0.4 is 5.73 Å². The second-order valence-electron chi connectivity index (χ2n) is 3.20. The third kappa shape index (κ3) is 2.51. The zero-order chi connectivity index (χ0) is 7.40. The lowest BCUT2D eigenvalue weighted by Gasteiger charge is -2.25. The standard InChI is InChI=1S/C8H17NS/c1-7-3-5-10-8(6-7)2-4-9/h7-8H,2-6,9H2,1H3. The van der Waals surface area contributed by atoms with E-state index in [4.69, 9.17) is 5.73 Å². The van der Waals surface area contributed by atoms with Crippen molar-refractivity contribution in [3.05, 3.63) is 0 Å². The third-order valence-corrected chi connectivity index (χ3v) is 3.49. The van der Waals surface area contributed by atoms with Gasteiger partial charge in [0.05, 0.1) is 0 Å². The van der Waals surface area contributed by atoms with Gasteiger partial charge in [0.2, 0.25) is 0 Å². The molecular formula is C8H17NS. The number of hydrogen-bond donors (Lipinski definition) is 1. The molecule has 2 N–H and O–H groups in total. The molecule has 0 saturated carbocycles. The summed E-state index contributed by atoms with van der Waals surface area (Å²) < 4.78 is 0. The molecule has 0 aromatic rings. The highest BCUT2D eigenvalue weighted by molar-refractivity contribution is 7.99. The number of thioether (sulfide) groups is 1. The summed E-state index contributed by atoms with van der Waals surface area (Å²) in [6.45, 7) is 3.22. The molecule has 60 valence electrons. The highest BCUT2D eigenvalue weighted by Crippen LogP contribution is 2.30. The van der Waals surface area contributed by atoms with E-state index >= 15 is 0 Å². The van der Waals surface area contributed by atoms with Crippen molar-refractivity contribution in [1.29, 1.82) is 0 Å². The summed E-state index contributed by atoms with van der Waals surface area (Å²) in [4.78, 5) is 0. The average molecular weight is 159 g/mol. The Kier molecular flexibility index (Phi) is 3.57. The lowest BCUT2D eigenvalue weighted by molar-refractivity contribution is 0.482. The van der Waals surface area contributed by atoms with Gasteiger partial charge >= 0.3 is 0 Å². The van der Waals surface area contributed by atoms with Gasteiger partial charge < -0.3 is 5.73 Å². The maximum absolute atomic E-state index is 5.49. The molecule has 0 amide bonds. The Morgan fingerprint density at radius 2 is 2.40 bits per heavy atom. The Labute approximate surface area is 67.8 Å². The van der Waals surface area contributed by atoms with Gasteiger partial charge in [-0.1, -0.05) is 6.92 Å². The predicted molar refractivity (Wildman–Crippen MR) is 48.3 cm³/mol. The number of nitrogens with two attached hydrogens (primary N) is 1. The zero-order valence-electron chi connectivity index (χ0n) is 6.68. The fraction of sp³-hybridized carbons (Fsp3) is 1.00. The Balaban J connectivity index is 2.18. The van der Waals surface area contributed by atoms with E-state index in [1.165, 1.54) is 25.0 Å². The monoisotopic (exact) mass is 159 g/mol. The Hall–Kier alpha value is 0.310. The molecule has 2 atom stereocenters. The molecule has 1 fully saturated rings. The minimum atomic E-state index is 0.865. The minimum absolute atomic E-state index is 0.865. The first-order chi connectivity index (χ1) is 4.83. The van der Waals surface area contributed by atoms with Gasteiger partial charge in [-0.3, -0.25) is 0 Å². The topological polar surface area (TPSA) is 26.0 Å². The van der Waals surface area contributed by atoms with E-state index in [0.29, 0.717) is 0 Å². The molecule has 2 heteroatoms. The highest BCUT2D eigenvalue weighted by atomic mass is 32.2. The number of rotatable bonds is 2. The van der Waals surface area contributed by atoms with E-state index in [1.807, 2.05) is 0 Å². The Bertz CT molecular complexity index is 93.3. The molecule has 0 bridgehead atoms. The van der Waals surface area contributed by atoms with Crippen molar-refractivity contribution in [2.75, 3.05) is 12.3 Å². The SMILES string of the molecule is CC1CCSC(CCN)C1. The van der Waals surface area contributed by atoms with Gasteiger partial charge in [0.1, 0.15) is 0 Å². The maximum atomic E-state index is 5.49. The molecule has 1 aliphatic heterocycles. The van der Waals surface area contributed by atoms with E-state index in [9.17, 15) is 0 Å². The minimum Gasteiger partial charge on any atom is -0.330 e. The van der Waals surface area contributed by atoms with E-state index in [-0.39, 0.29) is 0 Å². The highest BCUT2D eigenvalue weighted by Gasteiger charge is 2.17. The summed E-state index contributed by atoms with van der Waals surface area (Å²) in [5, 5.41) is 0.869. The normalized spacial score (nSPS) is 34.2. The first kappa shape index (κ1) is 8.41. The Morgan fingerprint density at radius 3 is 3.00 bits per heavy atom. The van der Waals surface area contributed by atoms with Crippen LogP contribution in [-0.2, 0) is 0 Å². The lowest BCUT2D eigenvalue weighted by atomic mass is 10.0. The van der Waals surface area contributed by atoms with Crippen LogP contribution in [-0.4, -0.2) is 17.5 Å². The second kappa shape index (κ2) is 4.24. The summed E-state index contributed by atoms with van der Waals surface area (Å²) in [5.41, 5.74) is 5.49. The molecular weight excluding hydrogens is 142 g/mol. The van der Waals surface area contributed by atoms with Gasteiger partial charge in [-0.15, -0.1) is 0 Å². The van der Waals surface area contributed by atoms with Crippen LogP contribution in [0.1, 0.15) is 26.2 Å². The smallest absolute Gasteiger partial charge is 0.00615 e. The van der Waals surface area contributed by atoms with Gasteiger partial charge in [0.25, 0.3) is 0 Å². The summed E-state index contributed by atoms with van der Waals surface area (Å²) in [6.07, 6.45) is 4.02. The molecule has 1 saturated heterocycles. The van der Waals surface area contributed by atoms with Crippen molar-refractivity contribution in [2.45, 2.75) is 31.4 Å². The molecule has 0 radical (unpaired) electrons. The summed E-state index contributed by atoms with van der Waals surface area (Å²) >= 11 is 2.11. The van der Waals surface area contributed by atoms with Gasteiger partial charge in [-0.05, 0) is 37.5 Å². The van der Waals surface area contributed by atoms with Crippen molar-refractivity contribution in [2.24, 2.45) is 11.7 Å². The van der Waals surface area contributed by atoms with Crippen LogP contribution in [0.25, 0.3) is 0 Å². The van der Waals surface area contributed by atoms with E-state index in [2.05, 4.69) is 18.7 Å². The van der Waals surface area contributed by atoms with Crippen LogP contribution >= 0.6 is 11.8 Å². The van der Waals surface area contributed by atoms with Crippen molar-refractivity contribution in [3.63, 3.8) is 0 Å². The maximum Gasteiger partial charge on any atom is 0.00615 e. The van der Waals surface area contributed by atoms with E-state index in [1.54, 1.807) is 0 Å². The van der Waals surface area contributed by atoms with Gasteiger partial charge in [0, 0.05) is 5.25 Å². The Morgan fingerprint density at radius 1 is 1.60 bits per heavy atom. The van der Waals surface area contributed by atoms with Crippen molar-refractivity contribution >= 4 is 11.8 Å². The summed E-state index contributed by atoms with van der Waals surface area (Å²) in [6, 6.07) is 0. The lowest BCUT2D eigenvalue weighted by Crippen LogP contribution is -2.19. The zero-order valence-corrected chi connectivity index (χ0v) is 7.49. The van der Waals surface area contributed by atoms with Crippen molar-refractivity contribution in [3.8, 4) is 0 Å². The predicted octanol–water partition coefficient (Wildman–Crippen LogP) is 1.87. The summed E-state index contributed by atoms with van der Waals surface area (Å²) in [7, 11) is 0. The average Bonchev–Trinajstić information content (AvgIpc) is 1.88. The van der Waals surface area contributed by atoms with Crippen LogP contribution in [0.5, 0.6) is 0 Å². The van der Waals surface area contributed by atoms with E-state index < -0.39 is 0 Å². The largest absolute Gasteiger partial charge is 0.330 e. The van der Waals surface area contributed by atoms with Gasteiger partial charge in [-0.2, -0.15) is 11.8 Å². The molecule has 0 spiro atoms. The molecule has 0 aromatic heterocycles. The van der Waals surface area contributed by atoms with Gasteiger partial charge in [0.15, 0.2) is 0 Å². The molecule has 2 unspecified atom stereocenters. The summed E-state index contributed by atoms with van der Waals surface area (Å²) in [5.74, 6) is 2.30. The van der Waals surface area contributed by atoms with Crippen LogP contribution in [0, 0.1) is 5.92 Å². The van der Waals surface area contributed by atoms with Gasteiger partial charge in [-0.25, -0.2) is 0 Å². The quantitative estimate of drug-likeness (QED) is 0.665. The van der Waals surface area contributed by atoms with Crippen LogP contribution in [0.3, 0.4) is 0 Å². The van der Waals surface area contributed by atoms with Crippen molar-refractivity contribution in [1.82, 2.24) is 0 Å². The second-order valence-corrected chi connectivity index (χ2v) is 4.61. The molecule has 1 heterocycles. The fourth-order valence-electron chi connectivity index (χ4n) is 1.46. The first-order valence-electron chi connectivity index (χ1n) is 4.14. The van der Waals surface area contributed by atoms with Crippen LogP contribution in [0.2, 0.25) is 0 Å². The van der Waals surface area contributed by atoms with Crippen molar-refractivity contribution < 1.29 is 0 Å². The molecule has 0 aliphatic carbocycles.